The number of rotatable bonds is 8. The van der Waals surface area contributed by atoms with Crippen LogP contribution in [0.1, 0.15) is 27.0 Å². The molecule has 0 aromatic carbocycles. The molecule has 0 radical (unpaired) electrons. The molecule has 1 saturated heterocycles. The van der Waals surface area contributed by atoms with E-state index in [0.717, 1.165) is 4.57 Å². The van der Waals surface area contributed by atoms with Crippen LogP contribution in [0.5, 0.6) is 0 Å². The first-order valence-corrected chi connectivity index (χ1v) is 9.20. The maximum Gasteiger partial charge on any atom is 0.351 e. The molecule has 30 heavy (non-hydrogen) atoms. The smallest absolute Gasteiger partial charge is 0.351 e. The van der Waals surface area contributed by atoms with Crippen LogP contribution in [0.25, 0.3) is 0 Å². The van der Waals surface area contributed by atoms with Crippen molar-refractivity contribution in [2.45, 2.75) is 57.5 Å². The number of nitrogens with two attached hydrogens (primary N) is 1. The van der Waals surface area contributed by atoms with Gasteiger partial charge in [0, 0.05) is 6.20 Å². The molecule has 0 spiro atoms. The molecule has 2 heterocycles. The zero-order valence-electron chi connectivity index (χ0n) is 16.7. The van der Waals surface area contributed by atoms with Gasteiger partial charge in [0.05, 0.1) is 0 Å². The third kappa shape index (κ3) is 5.31. The van der Waals surface area contributed by atoms with Gasteiger partial charge < -0.3 is 30.2 Å². The number of anilines is 1. The lowest BCUT2D eigenvalue weighted by molar-refractivity contribution is -0.171. The fraction of sp³-hybridized carbons (Fsp3) is 0.647. The van der Waals surface area contributed by atoms with Gasteiger partial charge in [-0.05, 0) is 18.9 Å². The number of hydrogen-bond donors (Lipinski definition) is 5. The van der Waals surface area contributed by atoms with Crippen LogP contribution in [0.2, 0.25) is 0 Å². The Labute approximate surface area is 171 Å². The van der Waals surface area contributed by atoms with Crippen molar-refractivity contribution < 1.29 is 39.2 Å². The molecular weight excluding hydrogens is 404 g/mol. The monoisotopic (exact) mass is 430 g/mol. The van der Waals surface area contributed by atoms with Gasteiger partial charge in [-0.2, -0.15) is 4.98 Å². The van der Waals surface area contributed by atoms with E-state index < -0.39 is 60.9 Å². The van der Waals surface area contributed by atoms with Crippen LogP contribution in [-0.2, 0) is 23.8 Å². The molecule has 6 atom stereocenters. The molecule has 1 aromatic heterocycles. The lowest BCUT2D eigenvalue weighted by Crippen LogP contribution is -2.41. The third-order valence-electron chi connectivity index (χ3n) is 4.56. The van der Waals surface area contributed by atoms with Crippen LogP contribution in [0.3, 0.4) is 0 Å². The quantitative estimate of drug-likeness (QED) is 0.228. The highest BCUT2D eigenvalue weighted by Crippen LogP contribution is 2.28. The first-order valence-electron chi connectivity index (χ1n) is 9.20. The number of carbonyl (C=O) groups excluding carboxylic acids is 2. The van der Waals surface area contributed by atoms with Crippen molar-refractivity contribution in [3.63, 3.8) is 0 Å². The molecule has 1 fully saturated rings. The molecule has 2 rings (SSSR count). The van der Waals surface area contributed by atoms with Gasteiger partial charge >= 0.3 is 17.6 Å². The van der Waals surface area contributed by atoms with Crippen molar-refractivity contribution in [1.29, 1.82) is 0 Å². The van der Waals surface area contributed by atoms with E-state index in [9.17, 15) is 24.6 Å². The highest BCUT2D eigenvalue weighted by molar-refractivity contribution is 5.81. The maximum absolute atomic E-state index is 12.1. The number of aromatic nitrogens is 2. The standard InChI is InChI=1S/C17H26N4O9/c1-7(2)11(18)16(25)29-8(3)15(24)28-6-9-12(22)13(23)14(30-9)21-5-4-10(20-27)19-17(21)26/h4-5,7-9,11-14,22-23,27H,6,18H2,1-3H3,(H,19,20,26)/t8-,9+,11-,12+,13+,14+/m0/s1. The van der Waals surface area contributed by atoms with Gasteiger partial charge in [0.15, 0.2) is 18.1 Å². The van der Waals surface area contributed by atoms with Crippen LogP contribution in [-0.4, -0.2) is 74.0 Å². The largest absolute Gasteiger partial charge is 0.460 e. The normalized spacial score (nSPS) is 25.6. The number of carbonyl (C=O) groups is 2. The Morgan fingerprint density at radius 3 is 2.53 bits per heavy atom. The summed E-state index contributed by atoms with van der Waals surface area (Å²) in [5.41, 5.74) is 6.51. The van der Waals surface area contributed by atoms with E-state index in [4.69, 9.17) is 25.2 Å². The van der Waals surface area contributed by atoms with Crippen molar-refractivity contribution in [1.82, 2.24) is 9.55 Å². The predicted octanol–water partition coefficient (Wildman–Crippen LogP) is -1.88. The second kappa shape index (κ2) is 9.95. The molecule has 13 heteroatoms. The summed E-state index contributed by atoms with van der Waals surface area (Å²) in [4.78, 5) is 39.4. The van der Waals surface area contributed by atoms with Crippen LogP contribution in [0.15, 0.2) is 17.1 Å². The van der Waals surface area contributed by atoms with Gasteiger partial charge in [-0.25, -0.2) is 9.59 Å². The summed E-state index contributed by atoms with van der Waals surface area (Å²) in [5.74, 6) is -1.95. The Bertz CT molecular complexity index is 815. The second-order valence-electron chi connectivity index (χ2n) is 7.14. The van der Waals surface area contributed by atoms with E-state index in [-0.39, 0.29) is 11.7 Å². The van der Waals surface area contributed by atoms with Crippen molar-refractivity contribution in [3.05, 3.63) is 22.7 Å². The van der Waals surface area contributed by atoms with Gasteiger partial charge in [-0.1, -0.05) is 13.8 Å². The van der Waals surface area contributed by atoms with Crippen molar-refractivity contribution >= 4 is 17.8 Å². The summed E-state index contributed by atoms with van der Waals surface area (Å²) in [5, 5.41) is 29.1. The zero-order chi connectivity index (χ0) is 22.6. The lowest BCUT2D eigenvalue weighted by atomic mass is 10.1. The van der Waals surface area contributed by atoms with E-state index in [0.29, 0.717) is 0 Å². The SMILES string of the molecule is CC(C)[C@H](N)C(=O)O[C@@H](C)C(=O)OC[C@H]1O[C@@H](n2ccc(NO)nc2=O)[C@H](O)[C@@H]1O. The Morgan fingerprint density at radius 2 is 1.97 bits per heavy atom. The predicted molar refractivity (Wildman–Crippen MR) is 99.2 cm³/mol. The van der Waals surface area contributed by atoms with E-state index in [1.54, 1.807) is 19.3 Å². The molecule has 1 aromatic rings. The number of esters is 2. The first-order chi connectivity index (χ1) is 14.1. The molecule has 0 bridgehead atoms. The average Bonchev–Trinajstić information content (AvgIpc) is 2.99. The van der Waals surface area contributed by atoms with E-state index >= 15 is 0 Å². The van der Waals surface area contributed by atoms with Gasteiger partial charge in [0.2, 0.25) is 0 Å². The minimum absolute atomic E-state index is 0.115. The molecule has 13 nitrogen and oxygen atoms in total. The second-order valence-corrected chi connectivity index (χ2v) is 7.14. The van der Waals surface area contributed by atoms with E-state index in [1.807, 2.05) is 0 Å². The Morgan fingerprint density at radius 1 is 1.30 bits per heavy atom. The molecule has 1 aliphatic heterocycles. The number of nitrogens with one attached hydrogen (secondary N) is 1. The third-order valence-corrected chi connectivity index (χ3v) is 4.56. The summed E-state index contributed by atoms with van der Waals surface area (Å²) in [6, 6.07) is 0.352. The Kier molecular flexibility index (Phi) is 7.86. The number of ether oxygens (including phenoxy) is 3. The Hall–Kier alpha value is -2.58. The summed E-state index contributed by atoms with van der Waals surface area (Å²) in [6.45, 7) is 4.29. The van der Waals surface area contributed by atoms with E-state index in [1.165, 1.54) is 19.2 Å². The molecule has 0 amide bonds. The van der Waals surface area contributed by atoms with Gasteiger partial charge in [-0.3, -0.25) is 20.0 Å². The van der Waals surface area contributed by atoms with Crippen molar-refractivity contribution in [2.24, 2.45) is 11.7 Å². The van der Waals surface area contributed by atoms with Crippen LogP contribution < -0.4 is 16.9 Å². The molecule has 168 valence electrons. The van der Waals surface area contributed by atoms with Gasteiger partial charge in [-0.15, -0.1) is 0 Å². The zero-order valence-corrected chi connectivity index (χ0v) is 16.7. The number of hydrogen-bond acceptors (Lipinski definition) is 12. The topological polar surface area (TPSA) is 195 Å². The summed E-state index contributed by atoms with van der Waals surface area (Å²) >= 11 is 0. The fourth-order valence-corrected chi connectivity index (χ4v) is 2.62. The summed E-state index contributed by atoms with van der Waals surface area (Å²) in [7, 11) is 0. The highest BCUT2D eigenvalue weighted by atomic mass is 16.6. The summed E-state index contributed by atoms with van der Waals surface area (Å²) in [6.07, 6.45) is -5.49. The first kappa shape index (κ1) is 23.7. The molecule has 0 unspecified atom stereocenters. The number of aliphatic hydroxyl groups is 2. The Balaban J connectivity index is 1.95. The number of nitrogens with zero attached hydrogens (tertiary/aromatic N) is 2. The van der Waals surface area contributed by atoms with Crippen LogP contribution in [0, 0.1) is 5.92 Å². The minimum Gasteiger partial charge on any atom is -0.460 e. The molecule has 0 aliphatic carbocycles. The van der Waals surface area contributed by atoms with Crippen LogP contribution in [0.4, 0.5) is 5.82 Å². The fourth-order valence-electron chi connectivity index (χ4n) is 2.62. The molecular formula is C17H26N4O9. The minimum atomic E-state index is -1.51. The highest BCUT2D eigenvalue weighted by Gasteiger charge is 2.45. The lowest BCUT2D eigenvalue weighted by Gasteiger charge is -2.19. The van der Waals surface area contributed by atoms with Gasteiger partial charge in [0.1, 0.15) is 31.0 Å². The molecule has 1 aliphatic rings. The maximum atomic E-state index is 12.1. The number of aliphatic hydroxyl groups excluding tert-OH is 2. The molecule has 6 N–H and O–H groups in total. The molecule has 0 saturated carbocycles. The van der Waals surface area contributed by atoms with Crippen molar-refractivity contribution in [2.75, 3.05) is 12.1 Å². The van der Waals surface area contributed by atoms with Gasteiger partial charge in [0.25, 0.3) is 0 Å². The van der Waals surface area contributed by atoms with Crippen LogP contribution >= 0.6 is 0 Å². The van der Waals surface area contributed by atoms with Crippen molar-refractivity contribution in [3.8, 4) is 0 Å². The summed E-state index contributed by atoms with van der Waals surface area (Å²) < 4.78 is 16.3. The van der Waals surface area contributed by atoms with E-state index in [2.05, 4.69) is 4.98 Å². The average molecular weight is 430 g/mol.